The highest BCUT2D eigenvalue weighted by Gasteiger charge is 2.42. The Bertz CT molecular complexity index is 522. The SMILES string of the molecule is O=C(NCC1CCCC1O)C1(c2ccc(F)cc2)CCCC1. The zero-order valence-electron chi connectivity index (χ0n) is 12.9. The van der Waals surface area contributed by atoms with Gasteiger partial charge in [0.15, 0.2) is 0 Å². The van der Waals surface area contributed by atoms with Crippen LogP contribution in [-0.2, 0) is 10.2 Å². The molecule has 0 aliphatic heterocycles. The van der Waals surface area contributed by atoms with Gasteiger partial charge in [-0.2, -0.15) is 0 Å². The van der Waals surface area contributed by atoms with Crippen molar-refractivity contribution in [2.75, 3.05) is 6.54 Å². The lowest BCUT2D eigenvalue weighted by Gasteiger charge is -2.29. The summed E-state index contributed by atoms with van der Waals surface area (Å²) >= 11 is 0. The summed E-state index contributed by atoms with van der Waals surface area (Å²) in [7, 11) is 0. The van der Waals surface area contributed by atoms with E-state index in [0.717, 1.165) is 50.5 Å². The summed E-state index contributed by atoms with van der Waals surface area (Å²) in [6.45, 7) is 0.545. The van der Waals surface area contributed by atoms with E-state index in [4.69, 9.17) is 0 Å². The molecule has 0 saturated heterocycles. The monoisotopic (exact) mass is 305 g/mol. The summed E-state index contributed by atoms with van der Waals surface area (Å²) in [6.07, 6.45) is 6.24. The van der Waals surface area contributed by atoms with Crippen LogP contribution in [0.15, 0.2) is 24.3 Å². The van der Waals surface area contributed by atoms with Crippen LogP contribution >= 0.6 is 0 Å². The van der Waals surface area contributed by atoms with Crippen molar-refractivity contribution in [3.8, 4) is 0 Å². The topological polar surface area (TPSA) is 49.3 Å². The Hall–Kier alpha value is -1.42. The van der Waals surface area contributed by atoms with Gasteiger partial charge in [0.2, 0.25) is 5.91 Å². The van der Waals surface area contributed by atoms with E-state index >= 15 is 0 Å². The summed E-state index contributed by atoms with van der Waals surface area (Å²) in [5.41, 5.74) is 0.396. The van der Waals surface area contributed by atoms with E-state index in [-0.39, 0.29) is 23.7 Å². The fraction of sp³-hybridized carbons (Fsp3) is 0.611. The molecule has 2 N–H and O–H groups in total. The summed E-state index contributed by atoms with van der Waals surface area (Å²) in [6, 6.07) is 6.35. The van der Waals surface area contributed by atoms with Gasteiger partial charge >= 0.3 is 0 Å². The summed E-state index contributed by atoms with van der Waals surface area (Å²) < 4.78 is 13.2. The molecule has 120 valence electrons. The predicted molar refractivity (Wildman–Crippen MR) is 82.9 cm³/mol. The van der Waals surface area contributed by atoms with E-state index in [0.29, 0.717) is 6.54 Å². The van der Waals surface area contributed by atoms with Crippen LogP contribution < -0.4 is 5.32 Å². The Morgan fingerprint density at radius 2 is 1.86 bits per heavy atom. The lowest BCUT2D eigenvalue weighted by Crippen LogP contribution is -2.45. The molecular weight excluding hydrogens is 281 g/mol. The average Bonchev–Trinajstić information content (AvgIpc) is 3.15. The number of halogens is 1. The highest BCUT2D eigenvalue weighted by atomic mass is 19.1. The lowest BCUT2D eigenvalue weighted by molar-refractivity contribution is -0.127. The molecule has 2 aliphatic carbocycles. The quantitative estimate of drug-likeness (QED) is 0.898. The van der Waals surface area contributed by atoms with Crippen LogP contribution in [0.5, 0.6) is 0 Å². The Balaban J connectivity index is 1.72. The largest absolute Gasteiger partial charge is 0.393 e. The van der Waals surface area contributed by atoms with Gasteiger partial charge in [-0.25, -0.2) is 4.39 Å². The molecule has 1 aromatic carbocycles. The molecule has 3 nitrogen and oxygen atoms in total. The van der Waals surface area contributed by atoms with Gasteiger partial charge in [-0.15, -0.1) is 0 Å². The number of hydrogen-bond acceptors (Lipinski definition) is 2. The maximum absolute atomic E-state index is 13.2. The third-order valence-corrected chi connectivity index (χ3v) is 5.43. The van der Waals surface area contributed by atoms with E-state index in [1.807, 2.05) is 0 Å². The molecule has 0 spiro atoms. The van der Waals surface area contributed by atoms with Gasteiger partial charge in [-0.3, -0.25) is 4.79 Å². The Kier molecular flexibility index (Phi) is 4.48. The summed E-state index contributed by atoms with van der Waals surface area (Å²) in [5.74, 6) is -0.0577. The second-order valence-corrected chi connectivity index (χ2v) is 6.76. The van der Waals surface area contributed by atoms with Crippen LogP contribution in [0.3, 0.4) is 0 Å². The molecule has 3 rings (SSSR count). The van der Waals surface area contributed by atoms with Gasteiger partial charge in [0.25, 0.3) is 0 Å². The first-order chi connectivity index (χ1) is 10.6. The molecule has 2 unspecified atom stereocenters. The highest BCUT2D eigenvalue weighted by molar-refractivity contribution is 5.88. The molecule has 2 aliphatic rings. The maximum Gasteiger partial charge on any atom is 0.230 e. The minimum absolute atomic E-state index is 0.0377. The molecule has 0 heterocycles. The maximum atomic E-state index is 13.2. The molecule has 4 heteroatoms. The van der Waals surface area contributed by atoms with E-state index < -0.39 is 5.41 Å². The number of nitrogens with one attached hydrogen (secondary N) is 1. The average molecular weight is 305 g/mol. The third-order valence-electron chi connectivity index (χ3n) is 5.43. The van der Waals surface area contributed by atoms with Crippen LogP contribution in [0.1, 0.15) is 50.5 Å². The van der Waals surface area contributed by atoms with Crippen LogP contribution in [0.25, 0.3) is 0 Å². The minimum Gasteiger partial charge on any atom is -0.393 e. The third kappa shape index (κ3) is 2.89. The van der Waals surface area contributed by atoms with Crippen molar-refractivity contribution in [2.45, 2.75) is 56.5 Å². The second kappa shape index (κ2) is 6.37. The number of aliphatic hydroxyl groups is 1. The molecule has 0 radical (unpaired) electrons. The van der Waals surface area contributed by atoms with Gasteiger partial charge in [-0.05, 0) is 43.4 Å². The number of benzene rings is 1. The van der Waals surface area contributed by atoms with E-state index in [2.05, 4.69) is 5.32 Å². The zero-order chi connectivity index (χ0) is 15.6. The number of amides is 1. The summed E-state index contributed by atoms with van der Waals surface area (Å²) in [5, 5.41) is 12.9. The number of aliphatic hydroxyl groups excluding tert-OH is 1. The Morgan fingerprint density at radius 1 is 1.18 bits per heavy atom. The van der Waals surface area contributed by atoms with Gasteiger partial charge in [0.05, 0.1) is 11.5 Å². The first-order valence-corrected chi connectivity index (χ1v) is 8.34. The fourth-order valence-electron chi connectivity index (χ4n) is 4.04. The van der Waals surface area contributed by atoms with Gasteiger partial charge in [-0.1, -0.05) is 31.4 Å². The molecular formula is C18H24FNO2. The van der Waals surface area contributed by atoms with Gasteiger partial charge in [0, 0.05) is 12.5 Å². The lowest BCUT2D eigenvalue weighted by atomic mass is 9.78. The number of carbonyl (C=O) groups excluding carboxylic acids is 1. The number of hydrogen-bond donors (Lipinski definition) is 2. The Morgan fingerprint density at radius 3 is 2.45 bits per heavy atom. The predicted octanol–water partition coefficient (Wildman–Crippen LogP) is 2.91. The molecule has 1 aromatic rings. The van der Waals surface area contributed by atoms with E-state index in [1.54, 1.807) is 12.1 Å². The van der Waals surface area contributed by atoms with Gasteiger partial charge < -0.3 is 10.4 Å². The molecule has 0 aromatic heterocycles. The standard InChI is InChI=1S/C18H24FNO2/c19-15-8-6-14(7-9-15)18(10-1-2-11-18)17(22)20-12-13-4-3-5-16(13)21/h6-9,13,16,21H,1-5,10-12H2,(H,20,22). The van der Waals surface area contributed by atoms with Crippen LogP contribution in [0.4, 0.5) is 4.39 Å². The summed E-state index contributed by atoms with van der Waals surface area (Å²) in [4.78, 5) is 12.8. The van der Waals surface area contributed by atoms with Crippen molar-refractivity contribution in [3.05, 3.63) is 35.6 Å². The van der Waals surface area contributed by atoms with Crippen molar-refractivity contribution < 1.29 is 14.3 Å². The molecule has 2 atom stereocenters. The van der Waals surface area contributed by atoms with E-state index in [1.165, 1.54) is 12.1 Å². The molecule has 2 fully saturated rings. The van der Waals surface area contributed by atoms with Crippen molar-refractivity contribution in [3.63, 3.8) is 0 Å². The zero-order valence-corrected chi connectivity index (χ0v) is 12.9. The fourth-order valence-corrected chi connectivity index (χ4v) is 4.04. The van der Waals surface area contributed by atoms with Crippen molar-refractivity contribution in [1.29, 1.82) is 0 Å². The van der Waals surface area contributed by atoms with Crippen LogP contribution in [-0.4, -0.2) is 23.7 Å². The first-order valence-electron chi connectivity index (χ1n) is 8.34. The number of carbonyl (C=O) groups is 1. The van der Waals surface area contributed by atoms with Crippen molar-refractivity contribution >= 4 is 5.91 Å². The van der Waals surface area contributed by atoms with Crippen molar-refractivity contribution in [1.82, 2.24) is 5.32 Å². The molecule has 22 heavy (non-hydrogen) atoms. The first kappa shape index (κ1) is 15.5. The highest BCUT2D eigenvalue weighted by Crippen LogP contribution is 2.41. The molecule has 0 bridgehead atoms. The number of rotatable bonds is 4. The normalized spacial score (nSPS) is 27.0. The molecule has 1 amide bonds. The minimum atomic E-state index is -0.517. The van der Waals surface area contributed by atoms with Crippen molar-refractivity contribution in [2.24, 2.45) is 5.92 Å². The second-order valence-electron chi connectivity index (χ2n) is 6.76. The van der Waals surface area contributed by atoms with E-state index in [9.17, 15) is 14.3 Å². The Labute approximate surface area is 130 Å². The van der Waals surface area contributed by atoms with Crippen LogP contribution in [0, 0.1) is 11.7 Å². The van der Waals surface area contributed by atoms with Crippen LogP contribution in [0.2, 0.25) is 0 Å². The smallest absolute Gasteiger partial charge is 0.230 e. The molecule has 2 saturated carbocycles. The van der Waals surface area contributed by atoms with Gasteiger partial charge in [0.1, 0.15) is 5.82 Å².